The molecular weight excluding hydrogens is 529 g/mol. The lowest BCUT2D eigenvalue weighted by Crippen LogP contribution is -2.87. The van der Waals surface area contributed by atoms with Crippen LogP contribution in [0.1, 0.15) is 0 Å². The first-order chi connectivity index (χ1) is 13.7. The molecule has 0 aliphatic carbocycles. The van der Waals surface area contributed by atoms with Gasteiger partial charge in [0.05, 0.1) is 0 Å². The molecule has 2 saturated heterocycles. The third-order valence-corrected chi connectivity index (χ3v) is 45.0. The van der Waals surface area contributed by atoms with E-state index in [1.807, 2.05) is 0 Å². The number of hydrogen-bond acceptors (Lipinski definition) is 8. The van der Waals surface area contributed by atoms with Gasteiger partial charge in [-0.2, -0.15) is 0 Å². The highest BCUT2D eigenvalue weighted by atomic mass is 28.5. The van der Waals surface area contributed by atoms with Crippen molar-refractivity contribution in [3.63, 3.8) is 0 Å². The van der Waals surface area contributed by atoms with Crippen molar-refractivity contribution in [2.75, 3.05) is 0 Å². The van der Waals surface area contributed by atoms with Crippen LogP contribution in [0.15, 0.2) is 0 Å². The minimum atomic E-state index is -1.49. The van der Waals surface area contributed by atoms with Crippen LogP contribution in [0.25, 0.3) is 0 Å². The molecule has 0 aromatic rings. The lowest BCUT2D eigenvalue weighted by atomic mass is 11.9. The van der Waals surface area contributed by atoms with E-state index in [9.17, 15) is 0 Å². The zero-order valence-corrected chi connectivity index (χ0v) is 32.0. The maximum absolute atomic E-state index is 3.93. The molecule has 0 spiro atoms. The minimum Gasteiger partial charge on any atom is -0.336 e. The van der Waals surface area contributed by atoms with Crippen LogP contribution in [0, 0.1) is 0 Å². The van der Waals surface area contributed by atoms with E-state index in [1.165, 1.54) is 0 Å². The van der Waals surface area contributed by atoms with E-state index in [2.05, 4.69) is 142 Å². The van der Waals surface area contributed by atoms with E-state index in [4.69, 9.17) is 0 Å². The van der Waals surface area contributed by atoms with Gasteiger partial charge < -0.3 is 37.2 Å². The van der Waals surface area contributed by atoms with Crippen LogP contribution in [-0.2, 0) is 0 Å². The molecule has 0 radical (unpaired) electrons. The van der Waals surface area contributed by atoms with E-state index in [0.717, 1.165) is 0 Å². The Bertz CT molecular complexity index is 466. The summed E-state index contributed by atoms with van der Waals surface area (Å²) in [6, 6.07) is 0. The Balaban J connectivity index is 0.000000320. The molecule has 0 saturated carbocycles. The van der Waals surface area contributed by atoms with Gasteiger partial charge in [-0.25, -0.2) is 0 Å². The zero-order valence-electron chi connectivity index (χ0n) is 24.0. The maximum Gasteiger partial charge on any atom is 0.183 e. The lowest BCUT2D eigenvalue weighted by molar-refractivity contribution is 1.04. The summed E-state index contributed by atoms with van der Waals surface area (Å²) in [7, 11) is -11.9. The van der Waals surface area contributed by atoms with Gasteiger partial charge >= 0.3 is 0 Å². The van der Waals surface area contributed by atoms with Crippen LogP contribution in [0.4, 0.5) is 0 Å². The molecule has 0 atom stereocenters. The fraction of sp³-hybridized carbons (Fsp3) is 1.00. The lowest BCUT2D eigenvalue weighted by Gasteiger charge is -2.49. The third kappa shape index (κ3) is 11.9. The van der Waals surface area contributed by atoms with Gasteiger partial charge in [-0.15, -0.1) is 0 Å². The van der Waals surface area contributed by atoms with Crippen molar-refractivity contribution < 1.29 is 0 Å². The zero-order chi connectivity index (χ0) is 25.7. The standard InChI is InChI=1S/2C8H28N4Si4/c2*1-13(2)9-14(3,4)11-16(7,8)12-15(5,6)10-13/h2*9-12H,1-8H3. The van der Waals surface area contributed by atoms with Crippen molar-refractivity contribution in [2.45, 2.75) is 105 Å². The van der Waals surface area contributed by atoms with Gasteiger partial charge in [-0.05, 0) is 105 Å². The SMILES string of the molecule is C[Si]1(C)N[Si](C)(C)N[Si](C)(C)N[Si](C)(C)N1.C[Si]1(C)N[Si](C)(C)N[Si](C)(C)N[Si](C)(C)N1. The van der Waals surface area contributed by atoms with Gasteiger partial charge in [0, 0.05) is 0 Å². The van der Waals surface area contributed by atoms with Crippen LogP contribution in [-0.4, -0.2) is 67.2 Å². The highest BCUT2D eigenvalue weighted by Gasteiger charge is 2.46. The Morgan fingerprint density at radius 3 is 0.312 bits per heavy atom. The predicted molar refractivity (Wildman–Crippen MR) is 165 cm³/mol. The van der Waals surface area contributed by atoms with Crippen molar-refractivity contribution in [1.82, 2.24) is 37.2 Å². The van der Waals surface area contributed by atoms with Crippen LogP contribution in [0.3, 0.4) is 0 Å². The Kier molecular flexibility index (Phi) is 9.54. The Morgan fingerprint density at radius 2 is 0.250 bits per heavy atom. The second-order valence-electron chi connectivity index (χ2n) is 14.0. The van der Waals surface area contributed by atoms with Crippen LogP contribution < -0.4 is 37.2 Å². The van der Waals surface area contributed by atoms with E-state index < -0.39 is 67.2 Å². The quantitative estimate of drug-likeness (QED) is 0.206. The molecule has 0 bridgehead atoms. The van der Waals surface area contributed by atoms with Crippen molar-refractivity contribution in [3.8, 4) is 0 Å². The van der Waals surface area contributed by atoms with E-state index in [1.54, 1.807) is 0 Å². The Labute approximate surface area is 208 Å². The predicted octanol–water partition coefficient (Wildman–Crippen LogP) is 2.33. The normalized spacial score (nSPS) is 31.5. The molecule has 2 aliphatic heterocycles. The van der Waals surface area contributed by atoms with Gasteiger partial charge in [0.2, 0.25) is 0 Å². The Hall–Kier alpha value is 1.42. The van der Waals surface area contributed by atoms with Gasteiger partial charge in [-0.1, -0.05) is 0 Å². The van der Waals surface area contributed by atoms with Gasteiger partial charge in [0.15, 0.2) is 67.2 Å². The number of nitrogens with one attached hydrogen (secondary N) is 8. The van der Waals surface area contributed by atoms with Gasteiger partial charge in [0.25, 0.3) is 0 Å². The summed E-state index contributed by atoms with van der Waals surface area (Å²) in [6.45, 7) is 38.0. The molecule has 16 heteroatoms. The highest BCUT2D eigenvalue weighted by molar-refractivity contribution is 7.06. The van der Waals surface area contributed by atoms with Crippen molar-refractivity contribution in [3.05, 3.63) is 0 Å². The minimum absolute atomic E-state index is 1.49. The molecule has 2 fully saturated rings. The summed E-state index contributed by atoms with van der Waals surface area (Å²) in [4.78, 5) is 0. The first-order valence-corrected chi connectivity index (χ1v) is 36.0. The topological polar surface area (TPSA) is 96.2 Å². The molecule has 192 valence electrons. The molecule has 0 aromatic heterocycles. The van der Waals surface area contributed by atoms with Crippen LogP contribution in [0.2, 0.25) is 105 Å². The molecule has 8 N–H and O–H groups in total. The van der Waals surface area contributed by atoms with Gasteiger partial charge in [0.1, 0.15) is 0 Å². The number of hydrogen-bond donors (Lipinski definition) is 8. The van der Waals surface area contributed by atoms with E-state index in [-0.39, 0.29) is 0 Å². The van der Waals surface area contributed by atoms with Gasteiger partial charge in [-0.3, -0.25) is 0 Å². The smallest absolute Gasteiger partial charge is 0.183 e. The average molecular weight is 585 g/mol. The van der Waals surface area contributed by atoms with Crippen molar-refractivity contribution >= 4 is 67.2 Å². The summed E-state index contributed by atoms with van der Waals surface area (Å²) in [5, 5.41) is 0. The molecule has 32 heavy (non-hydrogen) atoms. The maximum atomic E-state index is 3.93. The molecule has 0 aromatic carbocycles. The largest absolute Gasteiger partial charge is 0.336 e. The summed E-state index contributed by atoms with van der Waals surface area (Å²) < 4.78 is 31.4. The molecule has 2 heterocycles. The second-order valence-corrected chi connectivity index (χ2v) is 48.0. The fourth-order valence-corrected chi connectivity index (χ4v) is 63.0. The summed E-state index contributed by atoms with van der Waals surface area (Å²) >= 11 is 0. The Morgan fingerprint density at radius 1 is 0.188 bits per heavy atom. The molecular formula is C16H56N8Si8. The second kappa shape index (κ2) is 9.70. The highest BCUT2D eigenvalue weighted by Crippen LogP contribution is 2.13. The van der Waals surface area contributed by atoms with E-state index in [0.29, 0.717) is 0 Å². The first kappa shape index (κ1) is 31.4. The number of rotatable bonds is 0. The fourth-order valence-electron chi connectivity index (χ4n) is 6.50. The molecule has 2 aliphatic rings. The molecule has 0 unspecified atom stereocenters. The summed E-state index contributed by atoms with van der Waals surface area (Å²) in [5.74, 6) is 0. The van der Waals surface area contributed by atoms with Crippen LogP contribution in [0.5, 0.6) is 0 Å². The summed E-state index contributed by atoms with van der Waals surface area (Å²) in [5.41, 5.74) is 0. The first-order valence-electron chi connectivity index (χ1n) is 12.0. The third-order valence-electron chi connectivity index (χ3n) is 5.00. The van der Waals surface area contributed by atoms with Crippen molar-refractivity contribution in [2.24, 2.45) is 0 Å². The van der Waals surface area contributed by atoms with Crippen molar-refractivity contribution in [1.29, 1.82) is 0 Å². The average Bonchev–Trinajstić information content (AvgIpc) is 2.21. The molecule has 0 amide bonds. The van der Waals surface area contributed by atoms with E-state index >= 15 is 0 Å². The summed E-state index contributed by atoms with van der Waals surface area (Å²) in [6.07, 6.45) is 0. The molecule has 8 nitrogen and oxygen atoms in total. The van der Waals surface area contributed by atoms with Crippen LogP contribution >= 0.6 is 0 Å². The monoisotopic (exact) mass is 584 g/mol. The molecule has 2 rings (SSSR count).